The van der Waals surface area contributed by atoms with E-state index >= 15 is 0 Å². The summed E-state index contributed by atoms with van der Waals surface area (Å²) in [6, 6.07) is 4.38. The van der Waals surface area contributed by atoms with Crippen LogP contribution in [0.3, 0.4) is 0 Å². The second-order valence-corrected chi connectivity index (χ2v) is 7.22. The summed E-state index contributed by atoms with van der Waals surface area (Å²) in [7, 11) is -4.34. The molecule has 7 nitrogen and oxygen atoms in total. The Kier molecular flexibility index (Phi) is 5.92. The van der Waals surface area contributed by atoms with Crippen molar-refractivity contribution < 1.29 is 28.2 Å². The minimum absolute atomic E-state index is 0.0265. The number of hydrogen-bond acceptors (Lipinski definition) is 4. The number of carboxylic acid groups (broad SMARTS) is 2. The Morgan fingerprint density at radius 3 is 2.09 bits per heavy atom. The van der Waals surface area contributed by atoms with Crippen molar-refractivity contribution >= 4 is 33.6 Å². The van der Waals surface area contributed by atoms with E-state index in [0.717, 1.165) is 0 Å². The fourth-order valence-electron chi connectivity index (χ4n) is 1.74. The number of hydrogen-bond donors (Lipinski definition) is 2. The molecule has 0 bridgehead atoms. The molecular weight excluding hydrogens is 334 g/mol. The maximum atomic E-state index is 12.5. The zero-order chi connectivity index (χ0) is 17.1. The Morgan fingerprint density at radius 1 is 1.18 bits per heavy atom. The second-order valence-electron chi connectivity index (χ2n) is 4.91. The molecule has 0 aliphatic rings. The van der Waals surface area contributed by atoms with E-state index in [1.54, 1.807) is 6.07 Å². The van der Waals surface area contributed by atoms with E-state index in [9.17, 15) is 18.0 Å². The van der Waals surface area contributed by atoms with Gasteiger partial charge in [0.05, 0.1) is 5.02 Å². The van der Waals surface area contributed by atoms with Crippen molar-refractivity contribution in [3.8, 4) is 0 Å². The zero-order valence-electron chi connectivity index (χ0n) is 12.0. The average Bonchev–Trinajstić information content (AvgIpc) is 2.36. The lowest BCUT2D eigenvalue weighted by Crippen LogP contribution is -2.39. The zero-order valence-corrected chi connectivity index (χ0v) is 13.6. The highest BCUT2D eigenvalue weighted by molar-refractivity contribution is 7.89. The molecule has 0 aliphatic heterocycles. The van der Waals surface area contributed by atoms with Crippen LogP contribution in [0.5, 0.6) is 0 Å². The Balaban J connectivity index is 3.38. The van der Waals surface area contributed by atoms with Crippen molar-refractivity contribution in [2.24, 2.45) is 0 Å². The number of aliphatic carboxylic acids is 2. The van der Waals surface area contributed by atoms with Crippen molar-refractivity contribution in [2.75, 3.05) is 13.1 Å². The maximum Gasteiger partial charge on any atom is 0.318 e. The van der Waals surface area contributed by atoms with Crippen LogP contribution in [0.25, 0.3) is 0 Å². The van der Waals surface area contributed by atoms with Crippen molar-refractivity contribution in [2.45, 2.75) is 24.7 Å². The van der Waals surface area contributed by atoms with Gasteiger partial charge in [0.1, 0.15) is 18.0 Å². The molecule has 0 aliphatic carbocycles. The van der Waals surface area contributed by atoms with Gasteiger partial charge >= 0.3 is 11.9 Å². The minimum Gasteiger partial charge on any atom is -0.480 e. The summed E-state index contributed by atoms with van der Waals surface area (Å²) in [6.45, 7) is 1.78. The summed E-state index contributed by atoms with van der Waals surface area (Å²) < 4.78 is 25.4. The first-order valence-electron chi connectivity index (χ1n) is 6.29. The largest absolute Gasteiger partial charge is 0.480 e. The SMILES string of the molecule is CC(C)c1ccc(Cl)c(S(=O)(=O)N(CC(=O)O)CC(=O)O)c1. The first-order chi connectivity index (χ1) is 10.1. The minimum atomic E-state index is -4.34. The molecule has 22 heavy (non-hydrogen) atoms. The Morgan fingerprint density at radius 2 is 1.68 bits per heavy atom. The van der Waals surface area contributed by atoms with Crippen LogP contribution in [-0.4, -0.2) is 48.0 Å². The molecule has 9 heteroatoms. The van der Waals surface area contributed by atoms with Gasteiger partial charge in [0.25, 0.3) is 0 Å². The number of carbonyl (C=O) groups is 2. The van der Waals surface area contributed by atoms with E-state index in [2.05, 4.69) is 0 Å². The molecule has 0 spiro atoms. The highest BCUT2D eigenvalue weighted by Gasteiger charge is 2.30. The van der Waals surface area contributed by atoms with E-state index < -0.39 is 35.1 Å². The topological polar surface area (TPSA) is 112 Å². The third kappa shape index (κ3) is 4.43. The number of sulfonamides is 1. The molecule has 0 unspecified atom stereocenters. The van der Waals surface area contributed by atoms with Crippen molar-refractivity contribution in [3.63, 3.8) is 0 Å². The molecular formula is C13H16ClNO6S. The van der Waals surface area contributed by atoms with Crippen LogP contribution in [0.2, 0.25) is 5.02 Å². The van der Waals surface area contributed by atoms with Gasteiger partial charge in [-0.25, -0.2) is 8.42 Å². The van der Waals surface area contributed by atoms with Crippen LogP contribution >= 0.6 is 11.6 Å². The molecule has 0 saturated heterocycles. The summed E-state index contributed by atoms with van der Waals surface area (Å²) >= 11 is 5.90. The van der Waals surface area contributed by atoms with E-state index in [4.69, 9.17) is 21.8 Å². The molecule has 0 radical (unpaired) electrons. The van der Waals surface area contributed by atoms with E-state index in [0.29, 0.717) is 9.87 Å². The number of rotatable bonds is 7. The summed E-state index contributed by atoms with van der Waals surface area (Å²) in [6.07, 6.45) is 0. The highest BCUT2D eigenvalue weighted by atomic mass is 35.5. The summed E-state index contributed by atoms with van der Waals surface area (Å²) in [4.78, 5) is 21.3. The fraction of sp³-hybridized carbons (Fsp3) is 0.385. The molecule has 0 heterocycles. The molecule has 1 aromatic carbocycles. The lowest BCUT2D eigenvalue weighted by molar-refractivity contribution is -0.139. The fourth-order valence-corrected chi connectivity index (χ4v) is 3.59. The standard InChI is InChI=1S/C13H16ClNO6S/c1-8(2)9-3-4-10(14)11(5-9)22(20,21)15(6-12(16)17)7-13(18)19/h3-5,8H,6-7H2,1-2H3,(H,16,17)(H,18,19). The van der Waals surface area contributed by atoms with Gasteiger partial charge in [-0.1, -0.05) is 31.5 Å². The second kappa shape index (κ2) is 7.08. The van der Waals surface area contributed by atoms with Gasteiger partial charge in [0, 0.05) is 0 Å². The van der Waals surface area contributed by atoms with Crippen LogP contribution in [-0.2, 0) is 19.6 Å². The molecule has 2 N–H and O–H groups in total. The van der Waals surface area contributed by atoms with Gasteiger partial charge in [0.2, 0.25) is 10.0 Å². The Hall–Kier alpha value is -1.64. The van der Waals surface area contributed by atoms with Gasteiger partial charge in [-0.2, -0.15) is 4.31 Å². The lowest BCUT2D eigenvalue weighted by atomic mass is 10.0. The molecule has 122 valence electrons. The lowest BCUT2D eigenvalue weighted by Gasteiger charge is -2.20. The molecule has 1 rings (SSSR count). The van der Waals surface area contributed by atoms with Gasteiger partial charge in [-0.05, 0) is 23.6 Å². The summed E-state index contributed by atoms with van der Waals surface area (Å²) in [5.41, 5.74) is 0.688. The van der Waals surface area contributed by atoms with Gasteiger partial charge in [-0.15, -0.1) is 0 Å². The molecule has 0 atom stereocenters. The number of nitrogens with zero attached hydrogens (tertiary/aromatic N) is 1. The van der Waals surface area contributed by atoms with Crippen LogP contribution in [0.4, 0.5) is 0 Å². The van der Waals surface area contributed by atoms with Crippen molar-refractivity contribution in [3.05, 3.63) is 28.8 Å². The molecule has 0 aromatic heterocycles. The molecule has 1 aromatic rings. The number of carboxylic acids is 2. The predicted molar refractivity (Wildman–Crippen MR) is 79.6 cm³/mol. The quantitative estimate of drug-likeness (QED) is 0.773. The molecule has 0 saturated carbocycles. The highest BCUT2D eigenvalue weighted by Crippen LogP contribution is 2.28. The van der Waals surface area contributed by atoms with E-state index in [1.807, 2.05) is 13.8 Å². The summed E-state index contributed by atoms with van der Waals surface area (Å²) in [5, 5.41) is 17.5. The maximum absolute atomic E-state index is 12.5. The average molecular weight is 350 g/mol. The van der Waals surface area contributed by atoms with Gasteiger partial charge in [-0.3, -0.25) is 9.59 Å². The monoisotopic (exact) mass is 349 g/mol. The normalized spacial score (nSPS) is 11.9. The smallest absolute Gasteiger partial charge is 0.318 e. The van der Waals surface area contributed by atoms with Crippen LogP contribution in [0, 0.1) is 0 Å². The van der Waals surface area contributed by atoms with Gasteiger partial charge < -0.3 is 10.2 Å². The summed E-state index contributed by atoms with van der Waals surface area (Å²) in [5.74, 6) is -2.89. The van der Waals surface area contributed by atoms with Crippen LogP contribution < -0.4 is 0 Å². The molecule has 0 fully saturated rings. The van der Waals surface area contributed by atoms with E-state index in [1.165, 1.54) is 12.1 Å². The Bertz CT molecular complexity index is 670. The van der Waals surface area contributed by atoms with Gasteiger partial charge in [0.15, 0.2) is 0 Å². The van der Waals surface area contributed by atoms with Crippen molar-refractivity contribution in [1.82, 2.24) is 4.31 Å². The van der Waals surface area contributed by atoms with Crippen LogP contribution in [0.1, 0.15) is 25.3 Å². The van der Waals surface area contributed by atoms with E-state index in [-0.39, 0.29) is 15.8 Å². The van der Waals surface area contributed by atoms with Crippen LogP contribution in [0.15, 0.2) is 23.1 Å². The third-order valence-electron chi connectivity index (χ3n) is 2.86. The predicted octanol–water partition coefficient (Wildman–Crippen LogP) is 1.62. The Labute approximate surface area is 133 Å². The first-order valence-corrected chi connectivity index (χ1v) is 8.10. The number of benzene rings is 1. The number of halogens is 1. The first kappa shape index (κ1) is 18.4. The van der Waals surface area contributed by atoms with Crippen molar-refractivity contribution in [1.29, 1.82) is 0 Å². The molecule has 0 amide bonds. The third-order valence-corrected chi connectivity index (χ3v) is 5.14.